The molecule has 1 saturated carbocycles. The van der Waals surface area contributed by atoms with Gasteiger partial charge in [0.05, 0.1) is 30.8 Å². The second-order valence-electron chi connectivity index (χ2n) is 9.24. The number of likely N-dealkylation sites (N-methyl/N-ethyl adjacent to an activating group) is 1. The number of rotatable bonds is 8. The number of halogens is 2. The van der Waals surface area contributed by atoms with Crippen LogP contribution >= 0.6 is 0 Å². The van der Waals surface area contributed by atoms with E-state index in [0.717, 1.165) is 25.7 Å². The SMILES string of the molecule is CNCC(=O)N[C@H]1CC[C@H](Nc2nc(N3CCOCC3)nc(-n3c(C(F)F)nc4ccccc43)n2)CC1. The monoisotopic (exact) mass is 515 g/mol. The summed E-state index contributed by atoms with van der Waals surface area (Å²) in [6.07, 6.45) is 0.469. The number of carbonyl (C=O) groups excluding carboxylic acids is 1. The van der Waals surface area contributed by atoms with Gasteiger partial charge in [-0.1, -0.05) is 12.1 Å². The van der Waals surface area contributed by atoms with Crippen LogP contribution in [0.4, 0.5) is 20.7 Å². The molecule has 2 fully saturated rings. The summed E-state index contributed by atoms with van der Waals surface area (Å²) in [6.45, 7) is 2.53. The molecule has 0 unspecified atom stereocenters. The number of para-hydroxylation sites is 2. The Labute approximate surface area is 213 Å². The summed E-state index contributed by atoms with van der Waals surface area (Å²) in [5.41, 5.74) is 0.944. The second kappa shape index (κ2) is 11.3. The average Bonchev–Trinajstić information content (AvgIpc) is 3.31. The maximum absolute atomic E-state index is 14.0. The van der Waals surface area contributed by atoms with Gasteiger partial charge in [-0.15, -0.1) is 0 Å². The summed E-state index contributed by atoms with van der Waals surface area (Å²) in [4.78, 5) is 31.8. The number of carbonyl (C=O) groups is 1. The zero-order chi connectivity index (χ0) is 25.8. The third kappa shape index (κ3) is 5.77. The molecule has 0 bridgehead atoms. The standard InChI is InChI=1S/C24H31F2N9O2/c1-27-14-19(36)28-15-6-8-16(9-7-15)29-22-31-23(34-10-12-37-13-11-34)33-24(32-22)35-18-5-3-2-4-17(18)30-21(35)20(25)26/h2-5,15-16,20,27H,6-14H2,1H3,(H,28,36)(H,29,31,32,33)/t15-,16-. The second-order valence-corrected chi connectivity index (χ2v) is 9.24. The molecular weight excluding hydrogens is 484 g/mol. The van der Waals surface area contributed by atoms with Crippen molar-refractivity contribution in [1.82, 2.24) is 35.1 Å². The number of morpholine rings is 1. The van der Waals surface area contributed by atoms with E-state index in [2.05, 4.69) is 35.9 Å². The molecule has 5 rings (SSSR count). The van der Waals surface area contributed by atoms with Gasteiger partial charge in [-0.3, -0.25) is 9.36 Å². The minimum absolute atomic E-state index is 0.0152. The number of ether oxygens (including phenoxy) is 1. The van der Waals surface area contributed by atoms with Gasteiger partial charge in [0.15, 0.2) is 5.82 Å². The zero-order valence-electron chi connectivity index (χ0n) is 20.7. The molecule has 3 heterocycles. The normalized spacial score (nSPS) is 20.4. The van der Waals surface area contributed by atoms with Crippen LogP contribution in [-0.2, 0) is 9.53 Å². The molecule has 0 spiro atoms. The molecular formula is C24H31F2N9O2. The fourth-order valence-corrected chi connectivity index (χ4v) is 4.83. The number of nitrogens with zero attached hydrogens (tertiary/aromatic N) is 6. The minimum Gasteiger partial charge on any atom is -0.378 e. The van der Waals surface area contributed by atoms with E-state index in [-0.39, 0.29) is 23.9 Å². The Morgan fingerprint density at radius 2 is 1.73 bits per heavy atom. The Kier molecular flexibility index (Phi) is 7.70. The predicted octanol–water partition coefficient (Wildman–Crippen LogP) is 2.04. The van der Waals surface area contributed by atoms with Gasteiger partial charge >= 0.3 is 0 Å². The Bertz CT molecular complexity index is 1220. The Hall–Kier alpha value is -3.45. The number of benzene rings is 1. The number of hydrogen-bond donors (Lipinski definition) is 3. The Balaban J connectivity index is 1.43. The lowest BCUT2D eigenvalue weighted by Crippen LogP contribution is -2.43. The smallest absolute Gasteiger partial charge is 0.296 e. The molecule has 1 aromatic carbocycles. The van der Waals surface area contributed by atoms with Crippen LogP contribution in [0.5, 0.6) is 0 Å². The third-order valence-electron chi connectivity index (χ3n) is 6.65. The summed E-state index contributed by atoms with van der Waals surface area (Å²) in [5, 5.41) is 9.30. The highest BCUT2D eigenvalue weighted by Gasteiger charge is 2.26. The van der Waals surface area contributed by atoms with Crippen molar-refractivity contribution in [1.29, 1.82) is 0 Å². The van der Waals surface area contributed by atoms with Crippen LogP contribution in [-0.4, -0.2) is 82.4 Å². The lowest BCUT2D eigenvalue weighted by molar-refractivity contribution is -0.121. The molecule has 3 N–H and O–H groups in total. The molecule has 11 nitrogen and oxygen atoms in total. The van der Waals surface area contributed by atoms with E-state index in [1.807, 2.05) is 4.90 Å². The number of hydrogen-bond acceptors (Lipinski definition) is 9. The number of amides is 1. The molecule has 1 amide bonds. The van der Waals surface area contributed by atoms with Crippen LogP contribution in [0.3, 0.4) is 0 Å². The summed E-state index contributed by atoms with van der Waals surface area (Å²) in [6, 6.07) is 7.15. The van der Waals surface area contributed by atoms with E-state index >= 15 is 0 Å². The molecule has 1 aliphatic heterocycles. The lowest BCUT2D eigenvalue weighted by Gasteiger charge is -2.30. The largest absolute Gasteiger partial charge is 0.378 e. The summed E-state index contributed by atoms with van der Waals surface area (Å²) in [7, 11) is 1.74. The quantitative estimate of drug-likeness (QED) is 0.414. The molecule has 0 atom stereocenters. The molecule has 3 aromatic rings. The molecule has 13 heteroatoms. The van der Waals surface area contributed by atoms with Gasteiger partial charge in [0, 0.05) is 25.2 Å². The van der Waals surface area contributed by atoms with Crippen LogP contribution in [0.1, 0.15) is 37.9 Å². The van der Waals surface area contributed by atoms with Gasteiger partial charge in [0.2, 0.25) is 23.8 Å². The van der Waals surface area contributed by atoms with Crippen molar-refractivity contribution >= 4 is 28.8 Å². The minimum atomic E-state index is -2.80. The molecule has 0 radical (unpaired) electrons. The third-order valence-corrected chi connectivity index (χ3v) is 6.65. The Morgan fingerprint density at radius 1 is 1.03 bits per heavy atom. The van der Waals surface area contributed by atoms with E-state index in [9.17, 15) is 13.6 Å². The summed E-state index contributed by atoms with van der Waals surface area (Å²) >= 11 is 0. The van der Waals surface area contributed by atoms with E-state index < -0.39 is 12.2 Å². The van der Waals surface area contributed by atoms with Crippen molar-refractivity contribution in [2.45, 2.75) is 44.2 Å². The van der Waals surface area contributed by atoms with Crippen molar-refractivity contribution in [3.63, 3.8) is 0 Å². The predicted molar refractivity (Wildman–Crippen MR) is 134 cm³/mol. The van der Waals surface area contributed by atoms with Crippen LogP contribution in [0, 0.1) is 0 Å². The first-order valence-electron chi connectivity index (χ1n) is 12.6. The maximum Gasteiger partial charge on any atom is 0.296 e. The number of nitrogens with one attached hydrogen (secondary N) is 3. The van der Waals surface area contributed by atoms with Gasteiger partial charge in [-0.2, -0.15) is 15.0 Å². The number of alkyl halides is 2. The first-order chi connectivity index (χ1) is 18.0. The van der Waals surface area contributed by atoms with E-state index in [4.69, 9.17) is 4.74 Å². The van der Waals surface area contributed by atoms with Gasteiger partial charge in [-0.25, -0.2) is 13.8 Å². The number of fused-ring (bicyclic) bond motifs is 1. The van der Waals surface area contributed by atoms with Gasteiger partial charge < -0.3 is 25.6 Å². The van der Waals surface area contributed by atoms with Crippen molar-refractivity contribution in [2.75, 3.05) is 50.1 Å². The van der Waals surface area contributed by atoms with Gasteiger partial charge in [-0.05, 0) is 44.9 Å². The molecule has 198 valence electrons. The molecule has 2 aromatic heterocycles. The van der Waals surface area contributed by atoms with Crippen LogP contribution < -0.4 is 20.9 Å². The van der Waals surface area contributed by atoms with Crippen molar-refractivity contribution in [3.8, 4) is 5.95 Å². The van der Waals surface area contributed by atoms with E-state index in [1.165, 1.54) is 4.57 Å². The van der Waals surface area contributed by atoms with Gasteiger partial charge in [0.25, 0.3) is 6.43 Å². The van der Waals surface area contributed by atoms with E-state index in [1.54, 1.807) is 31.3 Å². The zero-order valence-corrected chi connectivity index (χ0v) is 20.7. The molecule has 2 aliphatic rings. The topological polar surface area (TPSA) is 122 Å². The first kappa shape index (κ1) is 25.2. The molecule has 1 saturated heterocycles. The number of imidazole rings is 1. The highest BCUT2D eigenvalue weighted by molar-refractivity contribution is 5.78. The van der Waals surface area contributed by atoms with Crippen molar-refractivity contribution < 1.29 is 18.3 Å². The fourth-order valence-electron chi connectivity index (χ4n) is 4.83. The Morgan fingerprint density at radius 3 is 2.46 bits per heavy atom. The van der Waals surface area contributed by atoms with Crippen LogP contribution in [0.15, 0.2) is 24.3 Å². The van der Waals surface area contributed by atoms with Crippen LogP contribution in [0.2, 0.25) is 0 Å². The van der Waals surface area contributed by atoms with E-state index in [0.29, 0.717) is 55.8 Å². The molecule has 1 aliphatic carbocycles. The average molecular weight is 516 g/mol. The maximum atomic E-state index is 14.0. The van der Waals surface area contributed by atoms with Crippen molar-refractivity contribution in [2.24, 2.45) is 0 Å². The number of aromatic nitrogens is 5. The summed E-state index contributed by atoms with van der Waals surface area (Å²) in [5.74, 6) is 0.396. The molecule has 37 heavy (non-hydrogen) atoms. The van der Waals surface area contributed by atoms with Gasteiger partial charge in [0.1, 0.15) is 0 Å². The first-order valence-corrected chi connectivity index (χ1v) is 12.6. The summed E-state index contributed by atoms with van der Waals surface area (Å²) < 4.78 is 34.8. The number of anilines is 2. The highest BCUT2D eigenvalue weighted by atomic mass is 19.3. The van der Waals surface area contributed by atoms with Crippen LogP contribution in [0.25, 0.3) is 17.0 Å². The lowest BCUT2D eigenvalue weighted by atomic mass is 9.91. The highest BCUT2D eigenvalue weighted by Crippen LogP contribution is 2.28. The fraction of sp³-hybridized carbons (Fsp3) is 0.542. The van der Waals surface area contributed by atoms with Crippen molar-refractivity contribution in [3.05, 3.63) is 30.1 Å².